The summed E-state index contributed by atoms with van der Waals surface area (Å²) < 4.78 is 45.4. The van der Waals surface area contributed by atoms with Gasteiger partial charge in [-0.1, -0.05) is 48.9 Å². The molecule has 0 unspecified atom stereocenters. The molecule has 0 aliphatic rings. The van der Waals surface area contributed by atoms with E-state index in [1.54, 1.807) is 24.3 Å². The lowest BCUT2D eigenvalue weighted by atomic mass is 10.1. The van der Waals surface area contributed by atoms with E-state index in [1.807, 2.05) is 23.6 Å². The molecule has 2 aromatic carbocycles. The molecule has 0 saturated heterocycles. The van der Waals surface area contributed by atoms with E-state index in [4.69, 9.17) is 4.74 Å². The molecule has 0 bridgehead atoms. The van der Waals surface area contributed by atoms with E-state index >= 15 is 0 Å². The number of aryl methyl sites for hydroxylation is 1. The first-order valence-electron chi connectivity index (χ1n) is 11.0. The highest BCUT2D eigenvalue weighted by Gasteiger charge is 2.14. The molecule has 1 amide bonds. The molecule has 182 valence electrons. The third kappa shape index (κ3) is 9.58. The first-order valence-corrected chi connectivity index (χ1v) is 13.5. The fourth-order valence-electron chi connectivity index (χ4n) is 3.16. The van der Waals surface area contributed by atoms with Crippen molar-refractivity contribution in [3.05, 3.63) is 82.6 Å². The number of thiazole rings is 1. The van der Waals surface area contributed by atoms with Gasteiger partial charge in [0.25, 0.3) is 0 Å². The Bertz CT molecular complexity index is 1140. The number of unbranched alkanes of at least 4 members (excludes halogenated alkanes) is 2. The van der Waals surface area contributed by atoms with Gasteiger partial charge < -0.3 is 10.1 Å². The number of hydrogen-bond acceptors (Lipinski definition) is 6. The van der Waals surface area contributed by atoms with Crippen LogP contribution in [0.25, 0.3) is 0 Å². The van der Waals surface area contributed by atoms with Crippen LogP contribution in [-0.4, -0.2) is 32.5 Å². The van der Waals surface area contributed by atoms with Gasteiger partial charge in [0.05, 0.1) is 18.1 Å². The number of anilines is 1. The molecule has 0 saturated carbocycles. The predicted molar refractivity (Wildman–Crippen MR) is 131 cm³/mol. The Labute approximate surface area is 203 Å². The van der Waals surface area contributed by atoms with Gasteiger partial charge in [0, 0.05) is 11.9 Å². The number of carbonyl (C=O) groups is 1. The van der Waals surface area contributed by atoms with Gasteiger partial charge in [-0.05, 0) is 42.5 Å². The summed E-state index contributed by atoms with van der Waals surface area (Å²) in [5.74, 6) is -0.583. The highest BCUT2D eigenvalue weighted by atomic mass is 32.2. The van der Waals surface area contributed by atoms with Crippen molar-refractivity contribution >= 4 is 32.4 Å². The van der Waals surface area contributed by atoms with Crippen LogP contribution in [0.2, 0.25) is 0 Å². The molecule has 3 rings (SSSR count). The minimum Gasteiger partial charge on any atom is -0.367 e. The monoisotopic (exact) mass is 505 g/mol. The minimum atomic E-state index is -3.51. The Kier molecular flexibility index (Phi) is 9.99. The summed E-state index contributed by atoms with van der Waals surface area (Å²) in [6.45, 7) is 0.769. The SMILES string of the molecule is O=C(COCc1ccc(F)cc1)NCCCCCc1csc(NS(=O)(=O)Cc2ccccc2)n1. The van der Waals surface area contributed by atoms with Crippen LogP contribution >= 0.6 is 11.3 Å². The number of benzene rings is 2. The maximum atomic E-state index is 12.9. The van der Waals surface area contributed by atoms with Crippen molar-refractivity contribution < 1.29 is 22.3 Å². The zero-order valence-electron chi connectivity index (χ0n) is 18.7. The average Bonchev–Trinajstić information content (AvgIpc) is 3.24. The number of rotatable bonds is 14. The molecular weight excluding hydrogens is 477 g/mol. The summed E-state index contributed by atoms with van der Waals surface area (Å²) in [6.07, 6.45) is 3.36. The van der Waals surface area contributed by atoms with Crippen LogP contribution in [0.15, 0.2) is 60.0 Å². The van der Waals surface area contributed by atoms with Gasteiger partial charge in [0.1, 0.15) is 12.4 Å². The lowest BCUT2D eigenvalue weighted by molar-refractivity contribution is -0.126. The van der Waals surface area contributed by atoms with Crippen molar-refractivity contribution in [1.29, 1.82) is 0 Å². The fraction of sp³-hybridized carbons (Fsp3) is 0.333. The van der Waals surface area contributed by atoms with Gasteiger partial charge in [-0.3, -0.25) is 9.52 Å². The number of halogens is 1. The standard InChI is InChI=1S/C24H28FN3O4S2/c25-21-12-10-19(11-13-21)15-32-16-23(29)26-14-6-2-5-9-22-17-33-24(27-22)28-34(30,31)18-20-7-3-1-4-8-20/h1,3-4,7-8,10-13,17H,2,5-6,9,14-16,18H2,(H,26,29)(H,27,28). The van der Waals surface area contributed by atoms with Crippen LogP contribution in [0.1, 0.15) is 36.1 Å². The number of sulfonamides is 1. The number of nitrogens with one attached hydrogen (secondary N) is 2. The Morgan fingerprint density at radius 2 is 1.76 bits per heavy atom. The molecule has 0 aliphatic carbocycles. The summed E-state index contributed by atoms with van der Waals surface area (Å²) in [4.78, 5) is 16.2. The van der Waals surface area contributed by atoms with Gasteiger partial charge in [-0.25, -0.2) is 17.8 Å². The molecule has 0 aliphatic heterocycles. The van der Waals surface area contributed by atoms with Crippen molar-refractivity contribution in [2.24, 2.45) is 0 Å². The molecule has 0 atom stereocenters. The Morgan fingerprint density at radius 3 is 2.53 bits per heavy atom. The van der Waals surface area contributed by atoms with Crippen molar-refractivity contribution in [3.63, 3.8) is 0 Å². The Morgan fingerprint density at radius 1 is 1.00 bits per heavy atom. The third-order valence-corrected chi connectivity index (χ3v) is 6.99. The predicted octanol–water partition coefficient (Wildman–Crippen LogP) is 4.27. The van der Waals surface area contributed by atoms with E-state index in [2.05, 4.69) is 15.0 Å². The average molecular weight is 506 g/mol. The van der Waals surface area contributed by atoms with Crippen molar-refractivity contribution in [2.75, 3.05) is 17.9 Å². The second-order valence-electron chi connectivity index (χ2n) is 7.77. The fourth-order valence-corrected chi connectivity index (χ4v) is 5.34. The number of carbonyl (C=O) groups excluding carboxylic acids is 1. The number of amides is 1. The van der Waals surface area contributed by atoms with Crippen LogP contribution in [-0.2, 0) is 38.3 Å². The summed E-state index contributed by atoms with van der Waals surface area (Å²) in [6, 6.07) is 15.0. The van der Waals surface area contributed by atoms with Crippen LogP contribution in [0, 0.1) is 5.82 Å². The van der Waals surface area contributed by atoms with Crippen molar-refractivity contribution in [1.82, 2.24) is 10.3 Å². The van der Waals surface area contributed by atoms with Gasteiger partial charge in [-0.15, -0.1) is 11.3 Å². The van der Waals surface area contributed by atoms with Crippen molar-refractivity contribution in [3.8, 4) is 0 Å². The molecule has 1 aromatic heterocycles. The maximum Gasteiger partial charge on any atom is 0.246 e. The molecule has 2 N–H and O–H groups in total. The first-order chi connectivity index (χ1) is 16.4. The second-order valence-corrected chi connectivity index (χ2v) is 10.4. The molecule has 10 heteroatoms. The zero-order chi connectivity index (χ0) is 24.2. The number of ether oxygens (including phenoxy) is 1. The largest absolute Gasteiger partial charge is 0.367 e. The molecular formula is C24H28FN3O4S2. The van der Waals surface area contributed by atoms with Crippen LogP contribution in [0.4, 0.5) is 9.52 Å². The smallest absolute Gasteiger partial charge is 0.246 e. The topological polar surface area (TPSA) is 97.4 Å². The minimum absolute atomic E-state index is 0.0425. The molecule has 0 fully saturated rings. The van der Waals surface area contributed by atoms with E-state index in [1.165, 1.54) is 23.5 Å². The Balaban J connectivity index is 1.25. The molecule has 1 heterocycles. The van der Waals surface area contributed by atoms with E-state index < -0.39 is 10.0 Å². The normalized spacial score (nSPS) is 11.3. The number of aromatic nitrogens is 1. The number of nitrogens with zero attached hydrogens (tertiary/aromatic N) is 1. The molecule has 3 aromatic rings. The molecule has 0 spiro atoms. The third-order valence-electron chi connectivity index (χ3n) is 4.84. The summed E-state index contributed by atoms with van der Waals surface area (Å²) in [5, 5.41) is 5.05. The van der Waals surface area contributed by atoms with Gasteiger partial charge in [0.2, 0.25) is 15.9 Å². The van der Waals surface area contributed by atoms with E-state index in [-0.39, 0.29) is 30.7 Å². The zero-order valence-corrected chi connectivity index (χ0v) is 20.3. The summed E-state index contributed by atoms with van der Waals surface area (Å²) in [7, 11) is -3.51. The highest BCUT2D eigenvalue weighted by Crippen LogP contribution is 2.19. The molecule has 34 heavy (non-hydrogen) atoms. The molecule has 7 nitrogen and oxygen atoms in total. The maximum absolute atomic E-state index is 12.9. The second kappa shape index (κ2) is 13.2. The van der Waals surface area contributed by atoms with Crippen LogP contribution < -0.4 is 10.0 Å². The summed E-state index contributed by atoms with van der Waals surface area (Å²) >= 11 is 1.27. The van der Waals surface area contributed by atoms with Crippen LogP contribution in [0.5, 0.6) is 0 Å². The lowest BCUT2D eigenvalue weighted by Gasteiger charge is -2.06. The quantitative estimate of drug-likeness (QED) is 0.319. The van der Waals surface area contributed by atoms with Gasteiger partial charge >= 0.3 is 0 Å². The Hall–Kier alpha value is -2.82. The lowest BCUT2D eigenvalue weighted by Crippen LogP contribution is -2.28. The van der Waals surface area contributed by atoms with Gasteiger partial charge in [-0.2, -0.15) is 0 Å². The van der Waals surface area contributed by atoms with E-state index in [0.29, 0.717) is 11.7 Å². The summed E-state index contributed by atoms with van der Waals surface area (Å²) in [5.41, 5.74) is 2.38. The van der Waals surface area contributed by atoms with Crippen LogP contribution in [0.3, 0.4) is 0 Å². The number of hydrogen-bond donors (Lipinski definition) is 2. The first kappa shape index (κ1) is 25.8. The van der Waals surface area contributed by atoms with Crippen molar-refractivity contribution in [2.45, 2.75) is 38.0 Å². The highest BCUT2D eigenvalue weighted by molar-refractivity contribution is 7.92. The van der Waals surface area contributed by atoms with E-state index in [9.17, 15) is 17.6 Å². The van der Waals surface area contributed by atoms with Gasteiger partial charge in [0.15, 0.2) is 5.13 Å². The molecule has 0 radical (unpaired) electrons. The van der Waals surface area contributed by atoms with E-state index in [0.717, 1.165) is 42.5 Å².